The molecule has 0 saturated heterocycles. The molecule has 0 saturated carbocycles. The molecule has 0 aliphatic heterocycles. The molecule has 0 bridgehead atoms. The van der Waals surface area contributed by atoms with Gasteiger partial charge in [-0.1, -0.05) is 29.4 Å². The number of nitrogens with zero attached hydrogens (tertiary/aromatic N) is 1. The maximum Gasteiger partial charge on any atom is 0.437 e. The number of ether oxygens (including phenoxy) is 3. The Morgan fingerprint density at radius 1 is 1.00 bits per heavy atom. The van der Waals surface area contributed by atoms with Crippen LogP contribution in [-0.4, -0.2) is 37.8 Å². The van der Waals surface area contributed by atoms with Gasteiger partial charge in [0.2, 0.25) is 0 Å². The Morgan fingerprint density at radius 2 is 1.65 bits per heavy atom. The first kappa shape index (κ1) is 27.1. The first-order valence-electron chi connectivity index (χ1n) is 11.0. The molecule has 2 unspecified atom stereocenters. The summed E-state index contributed by atoms with van der Waals surface area (Å²) >= 11 is 0. The van der Waals surface area contributed by atoms with Crippen LogP contribution in [0.1, 0.15) is 43.9 Å². The zero-order chi connectivity index (χ0) is 25.3. The van der Waals surface area contributed by atoms with Crippen molar-refractivity contribution in [3.05, 3.63) is 65.2 Å². The lowest BCUT2D eigenvalue weighted by molar-refractivity contribution is -0.0608. The Morgan fingerprint density at radius 3 is 2.24 bits per heavy atom. The molecule has 0 spiro atoms. The van der Waals surface area contributed by atoms with Gasteiger partial charge in [-0.2, -0.15) is 13.2 Å². The van der Waals surface area contributed by atoms with Crippen LogP contribution in [0.4, 0.5) is 13.2 Å². The van der Waals surface area contributed by atoms with E-state index in [1.807, 2.05) is 58.9 Å². The maximum atomic E-state index is 13.3. The van der Waals surface area contributed by atoms with Gasteiger partial charge < -0.3 is 19.0 Å². The number of rotatable bonds is 11. The van der Waals surface area contributed by atoms with Crippen LogP contribution in [0.25, 0.3) is 0 Å². The molecule has 5 nitrogen and oxygen atoms in total. The summed E-state index contributed by atoms with van der Waals surface area (Å²) in [7, 11) is 1.07. The Labute approximate surface area is 199 Å². The van der Waals surface area contributed by atoms with E-state index in [1.165, 1.54) is 18.2 Å². The lowest BCUT2D eigenvalue weighted by Gasteiger charge is -2.23. The van der Waals surface area contributed by atoms with Crippen LogP contribution < -0.4 is 14.2 Å². The summed E-state index contributed by atoms with van der Waals surface area (Å²) in [4.78, 5) is 4.37. The van der Waals surface area contributed by atoms with Crippen molar-refractivity contribution in [3.63, 3.8) is 0 Å². The van der Waals surface area contributed by atoms with Crippen molar-refractivity contribution in [3.8, 4) is 17.2 Å². The summed E-state index contributed by atoms with van der Waals surface area (Å²) in [5.74, 6) is 1.87. The summed E-state index contributed by atoms with van der Waals surface area (Å²) in [5.41, 5.74) is 0.668. The molecule has 2 aromatic rings. The molecule has 0 N–H and O–H groups in total. The van der Waals surface area contributed by atoms with Crippen LogP contribution in [-0.2, 0) is 4.84 Å². The van der Waals surface area contributed by atoms with Gasteiger partial charge in [-0.25, -0.2) is 0 Å². The van der Waals surface area contributed by atoms with E-state index < -0.39 is 11.9 Å². The van der Waals surface area contributed by atoms with E-state index in [0.717, 1.165) is 29.7 Å². The van der Waals surface area contributed by atoms with Gasteiger partial charge in [0, 0.05) is 12.0 Å². The van der Waals surface area contributed by atoms with Gasteiger partial charge in [0.25, 0.3) is 0 Å². The van der Waals surface area contributed by atoms with Crippen molar-refractivity contribution in [2.45, 2.75) is 59.4 Å². The molecule has 8 heteroatoms. The highest BCUT2D eigenvalue weighted by molar-refractivity contribution is 6.04. The van der Waals surface area contributed by atoms with E-state index in [9.17, 15) is 13.2 Å². The smallest absolute Gasteiger partial charge is 0.437 e. The first-order chi connectivity index (χ1) is 16.0. The van der Waals surface area contributed by atoms with E-state index in [0.29, 0.717) is 18.8 Å². The summed E-state index contributed by atoms with van der Waals surface area (Å²) in [6.45, 7) is 10.1. The SMILES string of the molecule is C/C=C/COc1cc(C)c(OC(C)CC(C)Oc2cccc(C(=NOC)C(F)(F)F)c2)c(C)c1. The average molecular weight is 480 g/mol. The van der Waals surface area contributed by atoms with Crippen molar-refractivity contribution >= 4 is 5.71 Å². The van der Waals surface area contributed by atoms with Crippen LogP contribution in [0.2, 0.25) is 0 Å². The minimum Gasteiger partial charge on any atom is -0.491 e. The minimum absolute atomic E-state index is 0.133. The molecule has 0 amide bonds. The molecule has 0 aliphatic carbocycles. The maximum absolute atomic E-state index is 13.3. The van der Waals surface area contributed by atoms with Crippen LogP contribution in [0.3, 0.4) is 0 Å². The predicted molar refractivity (Wildman–Crippen MR) is 127 cm³/mol. The largest absolute Gasteiger partial charge is 0.491 e. The molecule has 34 heavy (non-hydrogen) atoms. The Hall–Kier alpha value is -3.16. The zero-order valence-corrected chi connectivity index (χ0v) is 20.4. The lowest BCUT2D eigenvalue weighted by atomic mass is 10.1. The number of oxime groups is 1. The third-order valence-corrected chi connectivity index (χ3v) is 4.89. The van der Waals surface area contributed by atoms with E-state index in [-0.39, 0.29) is 17.8 Å². The second-order valence-corrected chi connectivity index (χ2v) is 8.01. The van der Waals surface area contributed by atoms with Gasteiger partial charge in [-0.15, -0.1) is 0 Å². The quantitative estimate of drug-likeness (QED) is 0.202. The number of benzene rings is 2. The second kappa shape index (κ2) is 12.3. The zero-order valence-electron chi connectivity index (χ0n) is 20.4. The summed E-state index contributed by atoms with van der Waals surface area (Å²) < 4.78 is 57.5. The fraction of sp³-hybridized carbons (Fsp3) is 0.423. The number of allylic oxidation sites excluding steroid dienone is 1. The molecular formula is C26H32F3NO4. The standard InChI is InChI=1S/C26H32F3NO4/c1-7-8-12-32-23-13-17(2)24(18(3)14-23)34-20(5)15-19(4)33-22-11-9-10-21(16-22)25(30-31-6)26(27,28)29/h7-11,13-14,16,19-20H,12,15H2,1-6H3/b8-7+,30-25?. The van der Waals surface area contributed by atoms with Crippen molar-refractivity contribution in [2.75, 3.05) is 13.7 Å². The van der Waals surface area contributed by atoms with Crippen LogP contribution in [0.15, 0.2) is 53.7 Å². The molecule has 0 aliphatic rings. The topological polar surface area (TPSA) is 49.3 Å². The monoisotopic (exact) mass is 479 g/mol. The summed E-state index contributed by atoms with van der Waals surface area (Å²) in [6, 6.07) is 9.57. The van der Waals surface area contributed by atoms with E-state index in [2.05, 4.69) is 9.99 Å². The molecule has 0 radical (unpaired) electrons. The van der Waals surface area contributed by atoms with Crippen molar-refractivity contribution in [1.29, 1.82) is 0 Å². The molecule has 0 fully saturated rings. The fourth-order valence-electron chi connectivity index (χ4n) is 3.49. The Balaban J connectivity index is 2.03. The molecule has 186 valence electrons. The van der Waals surface area contributed by atoms with E-state index >= 15 is 0 Å². The highest BCUT2D eigenvalue weighted by Crippen LogP contribution is 2.30. The average Bonchev–Trinajstić information content (AvgIpc) is 2.74. The summed E-state index contributed by atoms with van der Waals surface area (Å²) in [6.07, 6.45) is -0.746. The number of aryl methyl sites for hydroxylation is 2. The number of halogens is 3. The van der Waals surface area contributed by atoms with Crippen molar-refractivity contribution in [1.82, 2.24) is 0 Å². The molecule has 0 heterocycles. The first-order valence-corrected chi connectivity index (χ1v) is 11.0. The third kappa shape index (κ3) is 8.01. The van der Waals surface area contributed by atoms with Gasteiger partial charge in [0.05, 0.1) is 12.2 Å². The molecule has 2 aromatic carbocycles. The predicted octanol–water partition coefficient (Wildman–Crippen LogP) is 6.80. The molecule has 2 rings (SSSR count). The number of alkyl halides is 3. The molecular weight excluding hydrogens is 447 g/mol. The highest BCUT2D eigenvalue weighted by Gasteiger charge is 2.38. The minimum atomic E-state index is -4.65. The highest BCUT2D eigenvalue weighted by atomic mass is 19.4. The molecule has 2 atom stereocenters. The van der Waals surface area contributed by atoms with Crippen LogP contribution in [0, 0.1) is 13.8 Å². The summed E-state index contributed by atoms with van der Waals surface area (Å²) in [5, 5.41) is 3.13. The van der Waals surface area contributed by atoms with Gasteiger partial charge in [-0.3, -0.25) is 0 Å². The van der Waals surface area contributed by atoms with Gasteiger partial charge in [0.15, 0.2) is 5.71 Å². The van der Waals surface area contributed by atoms with Crippen LogP contribution >= 0.6 is 0 Å². The van der Waals surface area contributed by atoms with Gasteiger partial charge in [-0.05, 0) is 70.0 Å². The van der Waals surface area contributed by atoms with E-state index in [1.54, 1.807) is 6.07 Å². The van der Waals surface area contributed by atoms with Gasteiger partial charge in [0.1, 0.15) is 31.0 Å². The lowest BCUT2D eigenvalue weighted by Crippen LogP contribution is -2.25. The normalized spacial score (nSPS) is 14.1. The van der Waals surface area contributed by atoms with E-state index in [4.69, 9.17) is 14.2 Å². The Kier molecular flexibility index (Phi) is 9.83. The van der Waals surface area contributed by atoms with Gasteiger partial charge >= 0.3 is 6.18 Å². The number of hydrogen-bond donors (Lipinski definition) is 0. The Bertz CT molecular complexity index is 979. The second-order valence-electron chi connectivity index (χ2n) is 8.01. The van der Waals surface area contributed by atoms with Crippen molar-refractivity contribution < 1.29 is 32.2 Å². The number of hydrogen-bond acceptors (Lipinski definition) is 5. The van der Waals surface area contributed by atoms with Crippen LogP contribution in [0.5, 0.6) is 17.2 Å². The van der Waals surface area contributed by atoms with Crippen molar-refractivity contribution in [2.24, 2.45) is 5.16 Å². The fourth-order valence-corrected chi connectivity index (χ4v) is 3.49. The molecule has 0 aromatic heterocycles. The third-order valence-electron chi connectivity index (χ3n) is 4.89.